The van der Waals surface area contributed by atoms with Gasteiger partial charge in [0.05, 0.1) is 0 Å². The van der Waals surface area contributed by atoms with E-state index in [2.05, 4.69) is 17.1 Å². The quantitative estimate of drug-likeness (QED) is 0.903. The van der Waals surface area contributed by atoms with Crippen LogP contribution in [-0.2, 0) is 17.8 Å². The molecule has 0 atom stereocenters. The van der Waals surface area contributed by atoms with Gasteiger partial charge >= 0.3 is 0 Å². The Balaban J connectivity index is 1.59. The highest BCUT2D eigenvalue weighted by atomic mass is 16.2. The molecule has 1 saturated heterocycles. The van der Waals surface area contributed by atoms with Crippen LogP contribution in [-0.4, -0.2) is 33.4 Å². The lowest BCUT2D eigenvalue weighted by Gasteiger charge is -2.32. The first-order valence-corrected chi connectivity index (χ1v) is 8.60. The van der Waals surface area contributed by atoms with Crippen molar-refractivity contribution in [2.24, 2.45) is 5.92 Å². The summed E-state index contributed by atoms with van der Waals surface area (Å²) >= 11 is 0. The number of likely N-dealkylation sites (tertiary alicyclic amines) is 1. The number of hydrogen-bond acceptors (Lipinski definition) is 5. The molecular formula is C19H20N6O. The highest BCUT2D eigenvalue weighted by Crippen LogP contribution is 2.22. The fraction of sp³-hybridized carbons (Fsp3) is 0.368. The van der Waals surface area contributed by atoms with E-state index in [4.69, 9.17) is 11.0 Å². The Bertz CT molecular complexity index is 866. The normalized spacial score (nSPS) is 14.6. The number of aromatic nitrogens is 2. The molecule has 1 aliphatic heterocycles. The molecule has 1 aromatic carbocycles. The molecule has 0 bridgehead atoms. The average Bonchev–Trinajstić information content (AvgIpc) is 2.98. The minimum atomic E-state index is -0.103. The minimum absolute atomic E-state index is 0.0189. The van der Waals surface area contributed by atoms with Crippen molar-refractivity contribution in [1.29, 1.82) is 10.5 Å². The summed E-state index contributed by atoms with van der Waals surface area (Å²) in [6, 6.07) is 14.1. The highest BCUT2D eigenvalue weighted by Gasteiger charge is 2.25. The van der Waals surface area contributed by atoms with Gasteiger partial charge in [0.1, 0.15) is 18.7 Å². The number of benzene rings is 1. The molecule has 0 aliphatic carbocycles. The van der Waals surface area contributed by atoms with Crippen LogP contribution in [0.3, 0.4) is 0 Å². The number of anilines is 1. The molecule has 1 aromatic heterocycles. The first kappa shape index (κ1) is 17.5. The van der Waals surface area contributed by atoms with Crippen LogP contribution in [0.25, 0.3) is 0 Å². The van der Waals surface area contributed by atoms with Crippen molar-refractivity contribution in [1.82, 2.24) is 14.5 Å². The summed E-state index contributed by atoms with van der Waals surface area (Å²) in [6.07, 6.45) is 2.94. The van der Waals surface area contributed by atoms with E-state index in [9.17, 15) is 10.1 Å². The molecule has 0 radical (unpaired) electrons. The third-order valence-electron chi connectivity index (χ3n) is 4.84. The van der Waals surface area contributed by atoms with Crippen molar-refractivity contribution in [3.63, 3.8) is 0 Å². The monoisotopic (exact) mass is 348 g/mol. The number of amides is 1. The Morgan fingerprint density at radius 2 is 1.88 bits per heavy atom. The molecule has 2 N–H and O–H groups in total. The topological polar surface area (TPSA) is 112 Å². The molecule has 7 nitrogen and oxygen atoms in total. The molecule has 1 amide bonds. The number of carbonyl (C=O) groups is 1. The first-order valence-electron chi connectivity index (χ1n) is 8.60. The third kappa shape index (κ3) is 3.68. The van der Waals surface area contributed by atoms with E-state index in [-0.39, 0.29) is 29.8 Å². The summed E-state index contributed by atoms with van der Waals surface area (Å²) in [7, 11) is 0. The smallest absolute Gasteiger partial charge is 0.242 e. The first-order chi connectivity index (χ1) is 12.6. The van der Waals surface area contributed by atoms with E-state index in [1.807, 2.05) is 30.3 Å². The number of rotatable bonds is 4. The van der Waals surface area contributed by atoms with Gasteiger partial charge < -0.3 is 10.6 Å². The van der Waals surface area contributed by atoms with Gasteiger partial charge in [-0.2, -0.15) is 10.5 Å². The SMILES string of the molecule is N#Cc1nc(N)n(CC(=O)N2CCC(Cc3ccccc3)CC2)c1C#N. The number of nitrogens with two attached hydrogens (primary N) is 1. The Morgan fingerprint density at radius 3 is 2.50 bits per heavy atom. The van der Waals surface area contributed by atoms with Crippen molar-refractivity contribution >= 4 is 11.9 Å². The van der Waals surface area contributed by atoms with Crippen molar-refractivity contribution in [3.05, 3.63) is 47.3 Å². The van der Waals surface area contributed by atoms with Crippen LogP contribution in [0, 0.1) is 28.6 Å². The second-order valence-electron chi connectivity index (χ2n) is 6.49. The van der Waals surface area contributed by atoms with E-state index < -0.39 is 0 Å². The lowest BCUT2D eigenvalue weighted by Crippen LogP contribution is -2.40. The number of nitrogens with zero attached hydrogens (tertiary/aromatic N) is 5. The maximum atomic E-state index is 12.6. The summed E-state index contributed by atoms with van der Waals surface area (Å²) in [4.78, 5) is 18.2. The fourth-order valence-corrected chi connectivity index (χ4v) is 3.39. The van der Waals surface area contributed by atoms with Gasteiger partial charge in [-0.3, -0.25) is 9.36 Å². The zero-order valence-corrected chi connectivity index (χ0v) is 14.4. The van der Waals surface area contributed by atoms with E-state index in [0.29, 0.717) is 19.0 Å². The van der Waals surface area contributed by atoms with Crippen molar-refractivity contribution in [2.75, 3.05) is 18.8 Å². The molecule has 132 valence electrons. The summed E-state index contributed by atoms with van der Waals surface area (Å²) in [5.74, 6) is 0.485. The van der Waals surface area contributed by atoms with Crippen LogP contribution in [0.15, 0.2) is 30.3 Å². The molecular weight excluding hydrogens is 328 g/mol. The Labute approximate surface area is 152 Å². The molecule has 2 heterocycles. The van der Waals surface area contributed by atoms with E-state index >= 15 is 0 Å². The van der Waals surface area contributed by atoms with Crippen LogP contribution in [0.5, 0.6) is 0 Å². The van der Waals surface area contributed by atoms with Crippen molar-refractivity contribution < 1.29 is 4.79 Å². The maximum absolute atomic E-state index is 12.6. The second-order valence-corrected chi connectivity index (χ2v) is 6.49. The molecule has 1 fully saturated rings. The van der Waals surface area contributed by atoms with E-state index in [1.54, 1.807) is 4.90 Å². The lowest BCUT2D eigenvalue weighted by atomic mass is 9.90. The maximum Gasteiger partial charge on any atom is 0.242 e. The standard InChI is InChI=1S/C19H20N6O/c20-11-16-17(12-21)25(19(22)23-16)13-18(26)24-8-6-15(7-9-24)10-14-4-2-1-3-5-14/h1-5,15H,6-10,13H2,(H2,22,23). The van der Waals surface area contributed by atoms with Crippen LogP contribution in [0.2, 0.25) is 0 Å². The molecule has 2 aromatic rings. The highest BCUT2D eigenvalue weighted by molar-refractivity contribution is 5.77. The lowest BCUT2D eigenvalue weighted by molar-refractivity contribution is -0.133. The van der Waals surface area contributed by atoms with Crippen molar-refractivity contribution in [2.45, 2.75) is 25.8 Å². The van der Waals surface area contributed by atoms with E-state index in [0.717, 1.165) is 19.3 Å². The molecule has 3 rings (SSSR count). The summed E-state index contributed by atoms with van der Waals surface area (Å²) in [5.41, 5.74) is 7.08. The molecule has 1 aliphatic rings. The summed E-state index contributed by atoms with van der Waals surface area (Å²) < 4.78 is 1.32. The predicted octanol–water partition coefficient (Wildman–Crippen LogP) is 1.69. The second kappa shape index (κ2) is 7.71. The van der Waals surface area contributed by atoms with Gasteiger partial charge in [-0.15, -0.1) is 0 Å². The molecule has 7 heteroatoms. The molecule has 0 saturated carbocycles. The number of carbonyl (C=O) groups excluding carboxylic acids is 1. The fourth-order valence-electron chi connectivity index (χ4n) is 3.39. The number of hydrogen-bond donors (Lipinski definition) is 1. The van der Waals surface area contributed by atoms with Gasteiger partial charge in [0, 0.05) is 13.1 Å². The summed E-state index contributed by atoms with van der Waals surface area (Å²) in [5, 5.41) is 18.2. The zero-order chi connectivity index (χ0) is 18.5. The predicted molar refractivity (Wildman–Crippen MR) is 95.5 cm³/mol. The van der Waals surface area contributed by atoms with Crippen molar-refractivity contribution in [3.8, 4) is 12.1 Å². The molecule has 0 unspecified atom stereocenters. The Hall–Kier alpha value is -3.32. The van der Waals surface area contributed by atoms with Gasteiger partial charge in [0.25, 0.3) is 0 Å². The average molecular weight is 348 g/mol. The number of piperidine rings is 1. The van der Waals surface area contributed by atoms with Crippen LogP contribution in [0.4, 0.5) is 5.95 Å². The van der Waals surface area contributed by atoms with Gasteiger partial charge in [0.15, 0.2) is 11.4 Å². The van der Waals surface area contributed by atoms with Gasteiger partial charge in [0.2, 0.25) is 11.9 Å². The number of nitrogen functional groups attached to an aromatic ring is 1. The Morgan fingerprint density at radius 1 is 1.19 bits per heavy atom. The number of nitriles is 2. The summed E-state index contributed by atoms with van der Waals surface area (Å²) in [6.45, 7) is 1.32. The minimum Gasteiger partial charge on any atom is -0.369 e. The number of imidazole rings is 1. The Kier molecular flexibility index (Phi) is 5.19. The molecule has 26 heavy (non-hydrogen) atoms. The van der Waals surface area contributed by atoms with Gasteiger partial charge in [-0.25, -0.2) is 4.98 Å². The largest absolute Gasteiger partial charge is 0.369 e. The van der Waals surface area contributed by atoms with Crippen LogP contribution in [0.1, 0.15) is 29.8 Å². The third-order valence-corrected chi connectivity index (χ3v) is 4.84. The zero-order valence-electron chi connectivity index (χ0n) is 14.4. The van der Waals surface area contributed by atoms with Gasteiger partial charge in [-0.1, -0.05) is 30.3 Å². The molecule has 0 spiro atoms. The van der Waals surface area contributed by atoms with Crippen LogP contribution < -0.4 is 5.73 Å². The van der Waals surface area contributed by atoms with Gasteiger partial charge in [-0.05, 0) is 30.7 Å². The van der Waals surface area contributed by atoms with Crippen LogP contribution >= 0.6 is 0 Å². The van der Waals surface area contributed by atoms with E-state index in [1.165, 1.54) is 10.1 Å².